The Balaban J connectivity index is 1.60. The highest BCUT2D eigenvalue weighted by Gasteiger charge is 2.42. The monoisotopic (exact) mass is 382 g/mol. The van der Waals surface area contributed by atoms with Gasteiger partial charge in [-0.15, -0.1) is 0 Å². The predicted molar refractivity (Wildman–Crippen MR) is 106 cm³/mol. The van der Waals surface area contributed by atoms with Crippen LogP contribution in [-0.2, 0) is 4.79 Å². The fraction of sp³-hybridized carbons (Fsp3) is 0.364. The Kier molecular flexibility index (Phi) is 5.17. The van der Waals surface area contributed by atoms with Crippen LogP contribution in [0.25, 0.3) is 0 Å². The van der Waals surface area contributed by atoms with Crippen LogP contribution >= 0.6 is 11.6 Å². The van der Waals surface area contributed by atoms with Crippen molar-refractivity contribution < 1.29 is 9.59 Å². The van der Waals surface area contributed by atoms with E-state index in [0.29, 0.717) is 23.7 Å². The molecule has 2 aromatic carbocycles. The molecular formula is C22H23ClN2O2. The third-order valence-electron chi connectivity index (χ3n) is 5.64. The Morgan fingerprint density at radius 2 is 1.63 bits per heavy atom. The fourth-order valence-corrected chi connectivity index (χ4v) is 4.42. The van der Waals surface area contributed by atoms with Gasteiger partial charge in [0.25, 0.3) is 5.91 Å². The van der Waals surface area contributed by atoms with Gasteiger partial charge in [0.15, 0.2) is 0 Å². The van der Waals surface area contributed by atoms with Crippen LogP contribution < -0.4 is 0 Å². The van der Waals surface area contributed by atoms with Crippen LogP contribution in [0.15, 0.2) is 54.6 Å². The van der Waals surface area contributed by atoms with E-state index in [1.807, 2.05) is 28.0 Å². The average Bonchev–Trinajstić information content (AvgIpc) is 3.38. The lowest BCUT2D eigenvalue weighted by molar-refractivity contribution is -0.134. The van der Waals surface area contributed by atoms with Crippen molar-refractivity contribution in [3.8, 4) is 0 Å². The van der Waals surface area contributed by atoms with Crippen LogP contribution in [0.1, 0.15) is 34.7 Å². The van der Waals surface area contributed by atoms with Crippen molar-refractivity contribution in [3.05, 3.63) is 70.7 Å². The van der Waals surface area contributed by atoms with E-state index in [2.05, 4.69) is 12.1 Å². The van der Waals surface area contributed by atoms with Crippen molar-refractivity contribution in [2.45, 2.75) is 18.8 Å². The fourth-order valence-electron chi connectivity index (χ4n) is 4.23. The van der Waals surface area contributed by atoms with Crippen molar-refractivity contribution in [1.29, 1.82) is 0 Å². The van der Waals surface area contributed by atoms with E-state index >= 15 is 0 Å². The molecule has 0 N–H and O–H groups in total. The van der Waals surface area contributed by atoms with Crippen molar-refractivity contribution in [2.75, 3.05) is 26.2 Å². The first kappa shape index (κ1) is 18.1. The Bertz CT molecular complexity index is 833. The molecular weight excluding hydrogens is 360 g/mol. The van der Waals surface area contributed by atoms with E-state index in [4.69, 9.17) is 11.6 Å². The van der Waals surface area contributed by atoms with Gasteiger partial charge in [-0.05, 0) is 36.6 Å². The summed E-state index contributed by atoms with van der Waals surface area (Å²) in [5, 5.41) is 0.546. The highest BCUT2D eigenvalue weighted by molar-refractivity contribution is 6.30. The summed E-state index contributed by atoms with van der Waals surface area (Å²) in [6, 6.07) is 17.1. The number of nitrogens with zero attached hydrogens (tertiary/aromatic N) is 2. The molecule has 2 saturated heterocycles. The molecule has 27 heavy (non-hydrogen) atoms. The number of hydrogen-bond donors (Lipinski definition) is 0. The number of carbonyl (C=O) groups is 2. The van der Waals surface area contributed by atoms with Gasteiger partial charge in [-0.3, -0.25) is 9.59 Å². The maximum absolute atomic E-state index is 13.2. The molecule has 2 atom stereocenters. The van der Waals surface area contributed by atoms with Gasteiger partial charge < -0.3 is 9.80 Å². The maximum Gasteiger partial charge on any atom is 0.253 e. The lowest BCUT2D eigenvalue weighted by Gasteiger charge is -2.23. The minimum atomic E-state index is -0.186. The van der Waals surface area contributed by atoms with Crippen LogP contribution in [0.3, 0.4) is 0 Å². The summed E-state index contributed by atoms with van der Waals surface area (Å²) in [7, 11) is 0. The van der Waals surface area contributed by atoms with Crippen LogP contribution in [-0.4, -0.2) is 47.8 Å². The third kappa shape index (κ3) is 3.72. The van der Waals surface area contributed by atoms with Gasteiger partial charge in [0.2, 0.25) is 5.91 Å². The predicted octanol–water partition coefficient (Wildman–Crippen LogP) is 3.82. The molecule has 2 heterocycles. The first-order valence-electron chi connectivity index (χ1n) is 9.52. The summed E-state index contributed by atoms with van der Waals surface area (Å²) < 4.78 is 0. The zero-order valence-electron chi connectivity index (χ0n) is 15.2. The number of hydrogen-bond acceptors (Lipinski definition) is 2. The smallest absolute Gasteiger partial charge is 0.253 e. The second-order valence-corrected chi connectivity index (χ2v) is 7.81. The van der Waals surface area contributed by atoms with E-state index in [1.54, 1.807) is 24.3 Å². The molecule has 4 nitrogen and oxygen atoms in total. The molecule has 2 aliphatic rings. The van der Waals surface area contributed by atoms with Gasteiger partial charge >= 0.3 is 0 Å². The van der Waals surface area contributed by atoms with Gasteiger partial charge in [-0.1, -0.05) is 48.0 Å². The van der Waals surface area contributed by atoms with Crippen LogP contribution in [0, 0.1) is 5.92 Å². The molecule has 2 amide bonds. The standard InChI is InChI=1S/C22H23ClN2O2/c23-18-10-6-9-17(13-18)21(26)25-14-19(16-7-2-1-3-8-16)20(15-25)22(27)24-11-4-5-12-24/h1-3,6-10,13,19-20H,4-5,11-12,14-15H2. The molecule has 0 spiro atoms. The second-order valence-electron chi connectivity index (χ2n) is 7.38. The van der Waals surface area contributed by atoms with Gasteiger partial charge in [-0.25, -0.2) is 0 Å². The van der Waals surface area contributed by atoms with Crippen molar-refractivity contribution in [2.24, 2.45) is 5.92 Å². The first-order valence-corrected chi connectivity index (χ1v) is 9.90. The van der Waals surface area contributed by atoms with E-state index < -0.39 is 0 Å². The Hall–Kier alpha value is -2.33. The minimum absolute atomic E-state index is 0.0300. The average molecular weight is 383 g/mol. The van der Waals surface area contributed by atoms with E-state index in [9.17, 15) is 9.59 Å². The molecule has 2 aliphatic heterocycles. The minimum Gasteiger partial charge on any atom is -0.342 e. The van der Waals surface area contributed by atoms with Crippen molar-refractivity contribution >= 4 is 23.4 Å². The topological polar surface area (TPSA) is 40.6 Å². The highest BCUT2D eigenvalue weighted by atomic mass is 35.5. The summed E-state index contributed by atoms with van der Waals surface area (Å²) in [4.78, 5) is 29.9. The molecule has 5 heteroatoms. The molecule has 0 radical (unpaired) electrons. The number of likely N-dealkylation sites (tertiary alicyclic amines) is 2. The first-order chi connectivity index (χ1) is 13.1. The maximum atomic E-state index is 13.2. The summed E-state index contributed by atoms with van der Waals surface area (Å²) >= 11 is 6.05. The van der Waals surface area contributed by atoms with Crippen LogP contribution in [0.5, 0.6) is 0 Å². The number of halogens is 1. The summed E-state index contributed by atoms with van der Waals surface area (Å²) in [6.07, 6.45) is 2.14. The lowest BCUT2D eigenvalue weighted by atomic mass is 9.88. The summed E-state index contributed by atoms with van der Waals surface area (Å²) in [6.45, 7) is 2.68. The SMILES string of the molecule is O=C(c1cccc(Cl)c1)N1CC(C(=O)N2CCCC2)C(c2ccccc2)C1. The molecule has 140 valence electrons. The molecule has 0 bridgehead atoms. The molecule has 2 unspecified atom stereocenters. The number of rotatable bonds is 3. The van der Waals surface area contributed by atoms with Gasteiger partial charge in [0, 0.05) is 42.7 Å². The number of amides is 2. The van der Waals surface area contributed by atoms with Crippen LogP contribution in [0.2, 0.25) is 5.02 Å². The molecule has 0 aromatic heterocycles. The number of carbonyl (C=O) groups excluding carboxylic acids is 2. The van der Waals surface area contributed by atoms with Crippen molar-refractivity contribution in [1.82, 2.24) is 9.80 Å². The van der Waals surface area contributed by atoms with Crippen molar-refractivity contribution in [3.63, 3.8) is 0 Å². The zero-order chi connectivity index (χ0) is 18.8. The summed E-state index contributed by atoms with van der Waals surface area (Å²) in [5.41, 5.74) is 1.69. The normalized spacial score (nSPS) is 22.3. The largest absolute Gasteiger partial charge is 0.342 e. The zero-order valence-corrected chi connectivity index (χ0v) is 15.9. The van der Waals surface area contributed by atoms with Gasteiger partial charge in [0.1, 0.15) is 0 Å². The van der Waals surface area contributed by atoms with Crippen LogP contribution in [0.4, 0.5) is 0 Å². The Morgan fingerprint density at radius 3 is 2.33 bits per heavy atom. The lowest BCUT2D eigenvalue weighted by Crippen LogP contribution is -2.37. The van der Waals surface area contributed by atoms with E-state index in [-0.39, 0.29) is 23.7 Å². The molecule has 0 aliphatic carbocycles. The highest BCUT2D eigenvalue weighted by Crippen LogP contribution is 2.35. The number of benzene rings is 2. The molecule has 4 rings (SSSR count). The molecule has 2 fully saturated rings. The summed E-state index contributed by atoms with van der Waals surface area (Å²) in [5.74, 6) is -0.0334. The van der Waals surface area contributed by atoms with Gasteiger partial charge in [0.05, 0.1) is 5.92 Å². The van der Waals surface area contributed by atoms with Gasteiger partial charge in [-0.2, -0.15) is 0 Å². The molecule has 0 saturated carbocycles. The van der Waals surface area contributed by atoms with E-state index in [1.165, 1.54) is 0 Å². The quantitative estimate of drug-likeness (QED) is 0.809. The second kappa shape index (κ2) is 7.73. The Labute approximate surface area is 164 Å². The third-order valence-corrected chi connectivity index (χ3v) is 5.88. The van der Waals surface area contributed by atoms with E-state index in [0.717, 1.165) is 31.5 Å². The Morgan fingerprint density at radius 1 is 0.889 bits per heavy atom. The molecule has 2 aromatic rings.